The van der Waals surface area contributed by atoms with Gasteiger partial charge in [-0.2, -0.15) is 5.10 Å². The number of benzene rings is 2. The Labute approximate surface area is 215 Å². The zero-order chi connectivity index (χ0) is 25.4. The van der Waals surface area contributed by atoms with Gasteiger partial charge in [-0.1, -0.05) is 24.3 Å². The molecule has 0 radical (unpaired) electrons. The zero-order valence-corrected chi connectivity index (χ0v) is 20.9. The second-order valence-electron chi connectivity index (χ2n) is 9.97. The van der Waals surface area contributed by atoms with Crippen molar-refractivity contribution in [2.75, 3.05) is 25.0 Å². The lowest BCUT2D eigenvalue weighted by molar-refractivity contribution is 0.195. The lowest BCUT2D eigenvalue weighted by Crippen LogP contribution is -2.41. The molecular weight excluding hydrogens is 471 g/mol. The van der Waals surface area contributed by atoms with Crippen LogP contribution in [0.5, 0.6) is 5.75 Å². The molecule has 3 N–H and O–H groups in total. The summed E-state index contributed by atoms with van der Waals surface area (Å²) in [5.74, 6) is 0.643. The topological polar surface area (TPSA) is 85.5 Å². The fourth-order valence-corrected chi connectivity index (χ4v) is 5.38. The van der Waals surface area contributed by atoms with Crippen molar-refractivity contribution in [2.45, 2.75) is 45.5 Å². The maximum Gasteiger partial charge on any atom is 0.321 e. The molecule has 1 atom stereocenters. The second kappa shape index (κ2) is 9.89. The minimum Gasteiger partial charge on any atom is -0.469 e. The smallest absolute Gasteiger partial charge is 0.321 e. The normalized spacial score (nSPS) is 20.2. The first-order valence-corrected chi connectivity index (χ1v) is 12.9. The van der Waals surface area contributed by atoms with Gasteiger partial charge in [-0.25, -0.2) is 9.18 Å². The summed E-state index contributed by atoms with van der Waals surface area (Å²) in [7, 11) is 0. The maximum absolute atomic E-state index is 14.1. The number of rotatable bonds is 4. The predicted molar refractivity (Wildman–Crippen MR) is 139 cm³/mol. The molecule has 4 heterocycles. The number of aromatic amines is 1. The summed E-state index contributed by atoms with van der Waals surface area (Å²) in [5.41, 5.74) is 6.77. The monoisotopic (exact) mass is 502 g/mol. The van der Waals surface area contributed by atoms with E-state index in [1.807, 2.05) is 48.4 Å². The highest BCUT2D eigenvalue weighted by Crippen LogP contribution is 2.37. The zero-order valence-electron chi connectivity index (χ0n) is 20.9. The molecule has 8 nitrogen and oxygen atoms in total. The number of aromatic nitrogens is 2. The quantitative estimate of drug-likeness (QED) is 0.485. The molecule has 3 aliphatic heterocycles. The predicted octanol–water partition coefficient (Wildman–Crippen LogP) is 4.61. The highest BCUT2D eigenvalue weighted by atomic mass is 19.1. The average molecular weight is 503 g/mol. The lowest BCUT2D eigenvalue weighted by Gasteiger charge is -2.29. The Morgan fingerprint density at radius 3 is 3.00 bits per heavy atom. The minimum atomic E-state index is -0.173. The van der Waals surface area contributed by atoms with Crippen molar-refractivity contribution in [3.8, 4) is 17.0 Å². The summed E-state index contributed by atoms with van der Waals surface area (Å²) >= 11 is 0. The summed E-state index contributed by atoms with van der Waals surface area (Å²) in [6.07, 6.45) is 4.43. The number of fused-ring (bicyclic) bond motifs is 2. The van der Waals surface area contributed by atoms with Gasteiger partial charge in [0.1, 0.15) is 11.6 Å². The van der Waals surface area contributed by atoms with Crippen molar-refractivity contribution in [1.29, 1.82) is 0 Å². The first-order valence-electron chi connectivity index (χ1n) is 12.9. The van der Waals surface area contributed by atoms with E-state index < -0.39 is 0 Å². The Bertz CT molecular complexity index is 1350. The van der Waals surface area contributed by atoms with Crippen LogP contribution in [0, 0.1) is 5.82 Å². The third-order valence-corrected chi connectivity index (χ3v) is 7.29. The number of anilines is 1. The number of H-pyrrole nitrogens is 1. The van der Waals surface area contributed by atoms with E-state index in [9.17, 15) is 9.18 Å². The number of amides is 2. The van der Waals surface area contributed by atoms with Gasteiger partial charge in [-0.3, -0.25) is 10.00 Å². The van der Waals surface area contributed by atoms with E-state index in [0.29, 0.717) is 25.2 Å². The van der Waals surface area contributed by atoms with Crippen molar-refractivity contribution in [3.05, 3.63) is 76.9 Å². The van der Waals surface area contributed by atoms with E-state index in [-0.39, 0.29) is 18.1 Å². The van der Waals surface area contributed by atoms with Crippen LogP contribution < -0.4 is 15.4 Å². The van der Waals surface area contributed by atoms with Crippen LogP contribution in [0.25, 0.3) is 11.3 Å². The lowest BCUT2D eigenvalue weighted by atomic mass is 10.0. The standard InChI is InChI=1S/C28H31FN6O2/c1-18-31-25-9-8-20(13-26(25)37-18)27-22-17-35(12-10-24(22)32-33-27)28(36)30-14-19-5-4-11-34(15-19)16-21-6-2-3-7-23(21)29/h2-3,6-9,13-14,18,31H,4-5,10-12,15-17H2,1H3,(H,30,36)(H,32,33)/b19-14-. The summed E-state index contributed by atoms with van der Waals surface area (Å²) in [4.78, 5) is 17.1. The summed E-state index contributed by atoms with van der Waals surface area (Å²) in [6, 6.07) is 12.8. The van der Waals surface area contributed by atoms with Crippen LogP contribution in [0.3, 0.4) is 0 Å². The van der Waals surface area contributed by atoms with Crippen molar-refractivity contribution < 1.29 is 13.9 Å². The van der Waals surface area contributed by atoms with Gasteiger partial charge in [0.25, 0.3) is 0 Å². The molecule has 9 heteroatoms. The van der Waals surface area contributed by atoms with Gasteiger partial charge in [0, 0.05) is 54.6 Å². The van der Waals surface area contributed by atoms with Crippen LogP contribution >= 0.6 is 0 Å². The van der Waals surface area contributed by atoms with E-state index in [4.69, 9.17) is 4.74 Å². The van der Waals surface area contributed by atoms with Crippen LogP contribution in [0.1, 0.15) is 36.6 Å². The van der Waals surface area contributed by atoms with Gasteiger partial charge >= 0.3 is 6.03 Å². The average Bonchev–Trinajstić information content (AvgIpc) is 3.50. The molecule has 37 heavy (non-hydrogen) atoms. The number of halogens is 1. The molecular formula is C28H31FN6O2. The number of carbonyl (C=O) groups excluding carboxylic acids is 1. The summed E-state index contributed by atoms with van der Waals surface area (Å²) in [5, 5.41) is 14.0. The van der Waals surface area contributed by atoms with E-state index in [1.165, 1.54) is 6.07 Å². The second-order valence-corrected chi connectivity index (χ2v) is 9.97. The third-order valence-electron chi connectivity index (χ3n) is 7.29. The largest absolute Gasteiger partial charge is 0.469 e. The highest BCUT2D eigenvalue weighted by molar-refractivity contribution is 5.77. The molecule has 3 aliphatic rings. The SMILES string of the molecule is CC1Nc2ccc(-c3n[nH]c4c3CN(C(=O)N/C=C3/CCCN(Cc5ccccc5F)C3)CC4)cc2O1. The Morgan fingerprint density at radius 2 is 2.11 bits per heavy atom. The number of likely N-dealkylation sites (tertiary alicyclic amines) is 1. The minimum absolute atomic E-state index is 0.0533. The number of ether oxygens (including phenoxy) is 1. The third kappa shape index (κ3) is 4.91. The number of piperidine rings is 1. The molecule has 1 saturated heterocycles. The number of urea groups is 1. The Hall–Kier alpha value is -3.85. The first kappa shape index (κ1) is 23.5. The van der Waals surface area contributed by atoms with Crippen molar-refractivity contribution >= 4 is 11.7 Å². The van der Waals surface area contributed by atoms with Crippen molar-refractivity contribution in [3.63, 3.8) is 0 Å². The van der Waals surface area contributed by atoms with Crippen molar-refractivity contribution in [1.82, 2.24) is 25.3 Å². The first-order chi connectivity index (χ1) is 18.0. The number of carbonyl (C=O) groups is 1. The molecule has 1 unspecified atom stereocenters. The number of hydrogen-bond donors (Lipinski definition) is 3. The van der Waals surface area contributed by atoms with Gasteiger partial charge in [0.2, 0.25) is 0 Å². The van der Waals surface area contributed by atoms with Gasteiger partial charge in [0.05, 0.1) is 17.9 Å². The molecule has 0 bridgehead atoms. The molecule has 6 rings (SSSR count). The molecule has 1 aromatic heterocycles. The Morgan fingerprint density at radius 1 is 1.22 bits per heavy atom. The van der Waals surface area contributed by atoms with E-state index in [2.05, 4.69) is 25.7 Å². The van der Waals surface area contributed by atoms with Crippen LogP contribution in [0.4, 0.5) is 14.9 Å². The van der Waals surface area contributed by atoms with Gasteiger partial charge in [-0.15, -0.1) is 0 Å². The van der Waals surface area contributed by atoms with E-state index >= 15 is 0 Å². The van der Waals surface area contributed by atoms with Crippen LogP contribution in [0.15, 0.2) is 54.2 Å². The number of hydrogen-bond acceptors (Lipinski definition) is 5. The molecule has 1 fully saturated rings. The Kier molecular flexibility index (Phi) is 6.30. The van der Waals surface area contributed by atoms with Gasteiger partial charge < -0.3 is 20.3 Å². The molecule has 3 aromatic rings. The Balaban J connectivity index is 1.10. The van der Waals surface area contributed by atoms with Crippen molar-refractivity contribution in [2.24, 2.45) is 0 Å². The van der Waals surface area contributed by atoms with Gasteiger partial charge in [-0.05, 0) is 50.1 Å². The molecule has 192 valence electrons. The summed E-state index contributed by atoms with van der Waals surface area (Å²) in [6.45, 7) is 5.29. The van der Waals surface area contributed by atoms with E-state index in [1.54, 1.807) is 6.07 Å². The molecule has 0 saturated carbocycles. The highest BCUT2D eigenvalue weighted by Gasteiger charge is 2.27. The molecule has 2 aromatic carbocycles. The fourth-order valence-electron chi connectivity index (χ4n) is 5.38. The van der Waals surface area contributed by atoms with E-state index in [0.717, 1.165) is 71.9 Å². The van der Waals surface area contributed by atoms with Crippen LogP contribution in [0.2, 0.25) is 0 Å². The van der Waals surface area contributed by atoms with Crippen LogP contribution in [-0.2, 0) is 19.5 Å². The van der Waals surface area contributed by atoms with Crippen LogP contribution in [-0.4, -0.2) is 51.9 Å². The number of nitrogens with zero attached hydrogens (tertiary/aromatic N) is 3. The maximum atomic E-state index is 14.1. The fraction of sp³-hybridized carbons (Fsp3) is 0.357. The molecule has 0 aliphatic carbocycles. The molecule has 0 spiro atoms. The summed E-state index contributed by atoms with van der Waals surface area (Å²) < 4.78 is 19.9. The molecule has 2 amide bonds. The number of nitrogens with one attached hydrogen (secondary N) is 3. The van der Waals surface area contributed by atoms with Gasteiger partial charge in [0.15, 0.2) is 6.23 Å².